The molecule has 4 rings (SSSR count). The molecule has 0 unspecified atom stereocenters. The van der Waals surface area contributed by atoms with Crippen LogP contribution in [0.15, 0.2) is 46.5 Å². The van der Waals surface area contributed by atoms with Crippen LogP contribution in [0.25, 0.3) is 11.0 Å². The van der Waals surface area contributed by atoms with Crippen molar-refractivity contribution in [2.45, 2.75) is 30.7 Å². The van der Waals surface area contributed by atoms with Crippen molar-refractivity contribution in [3.8, 4) is 0 Å². The highest BCUT2D eigenvalue weighted by Crippen LogP contribution is 2.23. The average Bonchev–Trinajstić information content (AvgIpc) is 3.39. The van der Waals surface area contributed by atoms with Gasteiger partial charge in [0, 0.05) is 38.8 Å². The predicted molar refractivity (Wildman–Crippen MR) is 110 cm³/mol. The summed E-state index contributed by atoms with van der Waals surface area (Å²) in [5.74, 6) is -0.330. The molecular formula is C19H22N6O4S. The maximum Gasteiger partial charge on any atom is 0.264 e. The van der Waals surface area contributed by atoms with Gasteiger partial charge in [-0.3, -0.25) is 18.8 Å². The fourth-order valence-electron chi connectivity index (χ4n) is 3.48. The zero-order valence-corrected chi connectivity index (χ0v) is 17.3. The Morgan fingerprint density at radius 2 is 2.00 bits per heavy atom. The van der Waals surface area contributed by atoms with E-state index in [1.54, 1.807) is 19.2 Å². The molecule has 30 heavy (non-hydrogen) atoms. The minimum atomic E-state index is -3.56. The van der Waals surface area contributed by atoms with Gasteiger partial charge in [-0.25, -0.2) is 13.4 Å². The Bertz CT molecular complexity index is 1260. The maximum absolute atomic E-state index is 12.7. The van der Waals surface area contributed by atoms with Gasteiger partial charge in [-0.1, -0.05) is 6.07 Å². The largest absolute Gasteiger partial charge is 0.326 e. The van der Waals surface area contributed by atoms with Crippen molar-refractivity contribution in [3.63, 3.8) is 0 Å². The van der Waals surface area contributed by atoms with Gasteiger partial charge in [0.05, 0.1) is 17.4 Å². The minimum absolute atomic E-state index is 0.0382. The van der Waals surface area contributed by atoms with Crippen LogP contribution in [0.1, 0.15) is 19.3 Å². The Hall–Kier alpha value is -3.05. The molecule has 10 nitrogen and oxygen atoms in total. The highest BCUT2D eigenvalue weighted by atomic mass is 32.2. The first-order valence-corrected chi connectivity index (χ1v) is 11.1. The zero-order chi connectivity index (χ0) is 21.3. The lowest BCUT2D eigenvalue weighted by Crippen LogP contribution is -2.28. The summed E-state index contributed by atoms with van der Waals surface area (Å²) in [4.78, 5) is 29.2. The molecule has 0 bridgehead atoms. The Labute approximate surface area is 173 Å². The number of benzene rings is 1. The maximum atomic E-state index is 12.7. The van der Waals surface area contributed by atoms with Crippen molar-refractivity contribution in [1.82, 2.24) is 23.6 Å². The van der Waals surface area contributed by atoms with Gasteiger partial charge in [0.2, 0.25) is 15.9 Å². The molecule has 0 aliphatic carbocycles. The highest BCUT2D eigenvalue weighted by Gasteiger charge is 2.27. The number of fused-ring (bicyclic) bond motifs is 1. The number of hydrogen-bond donors (Lipinski definition) is 1. The van der Waals surface area contributed by atoms with Crippen LogP contribution < -0.4 is 10.9 Å². The van der Waals surface area contributed by atoms with E-state index >= 15 is 0 Å². The van der Waals surface area contributed by atoms with Crippen LogP contribution in [0.3, 0.4) is 0 Å². The number of nitrogens with zero attached hydrogens (tertiary/aromatic N) is 5. The van der Waals surface area contributed by atoms with Crippen LogP contribution in [-0.2, 0) is 28.4 Å². The van der Waals surface area contributed by atoms with Crippen molar-refractivity contribution in [2.75, 3.05) is 18.4 Å². The minimum Gasteiger partial charge on any atom is -0.326 e. The van der Waals surface area contributed by atoms with Gasteiger partial charge in [-0.15, -0.1) is 0 Å². The first-order valence-electron chi connectivity index (χ1n) is 9.63. The SMILES string of the molecule is Cn1ncc2c(=O)n(CCC(=O)Nc3cccc(S(=O)(=O)N4CCCC4)c3)cnc21. The number of carbonyl (C=O) groups is 1. The summed E-state index contributed by atoms with van der Waals surface area (Å²) < 4.78 is 29.7. The number of aryl methyl sites for hydroxylation is 2. The third kappa shape index (κ3) is 3.85. The standard InChI is InChI=1S/C19H22N6O4S/c1-23-18-16(12-21-23)19(27)24(13-20-18)10-7-17(26)22-14-5-4-6-15(11-14)30(28,29)25-8-2-3-9-25/h4-6,11-13H,2-3,7-10H2,1H3,(H,22,26). The third-order valence-electron chi connectivity index (χ3n) is 5.12. The molecule has 0 atom stereocenters. The molecule has 1 aliphatic heterocycles. The number of aromatic nitrogens is 4. The van der Waals surface area contributed by atoms with E-state index in [9.17, 15) is 18.0 Å². The Kier molecular flexibility index (Phi) is 5.39. The summed E-state index contributed by atoms with van der Waals surface area (Å²) >= 11 is 0. The van der Waals surface area contributed by atoms with Crippen molar-refractivity contribution < 1.29 is 13.2 Å². The third-order valence-corrected chi connectivity index (χ3v) is 7.01. The van der Waals surface area contributed by atoms with Crippen LogP contribution in [0.4, 0.5) is 5.69 Å². The van der Waals surface area contributed by atoms with Crippen LogP contribution in [-0.4, -0.2) is 51.1 Å². The molecule has 11 heteroatoms. The van der Waals surface area contributed by atoms with Gasteiger partial charge in [0.15, 0.2) is 5.65 Å². The number of nitrogens with one attached hydrogen (secondary N) is 1. The molecule has 3 aromatic rings. The predicted octanol–water partition coefficient (Wildman–Crippen LogP) is 0.943. The number of sulfonamides is 1. The molecule has 1 aromatic carbocycles. The van der Waals surface area contributed by atoms with E-state index in [0.29, 0.717) is 29.8 Å². The molecule has 3 heterocycles. The summed E-state index contributed by atoms with van der Waals surface area (Å²) in [6.45, 7) is 1.18. The molecule has 0 radical (unpaired) electrons. The lowest BCUT2D eigenvalue weighted by molar-refractivity contribution is -0.116. The monoisotopic (exact) mass is 430 g/mol. The summed E-state index contributed by atoms with van der Waals surface area (Å²) in [6.07, 6.45) is 4.59. The average molecular weight is 430 g/mol. The van der Waals surface area contributed by atoms with Gasteiger partial charge in [-0.05, 0) is 31.0 Å². The summed E-state index contributed by atoms with van der Waals surface area (Å²) in [5.41, 5.74) is 0.616. The Balaban J connectivity index is 1.43. The summed E-state index contributed by atoms with van der Waals surface area (Å²) in [6, 6.07) is 6.22. The van der Waals surface area contributed by atoms with Gasteiger partial charge < -0.3 is 5.32 Å². The topological polar surface area (TPSA) is 119 Å². The zero-order valence-electron chi connectivity index (χ0n) is 16.5. The quantitative estimate of drug-likeness (QED) is 0.622. The Morgan fingerprint density at radius 3 is 2.77 bits per heavy atom. The first kappa shape index (κ1) is 20.2. The van der Waals surface area contributed by atoms with Crippen LogP contribution >= 0.6 is 0 Å². The van der Waals surface area contributed by atoms with Crippen LogP contribution in [0, 0.1) is 0 Å². The van der Waals surface area contributed by atoms with Gasteiger partial charge in [0.25, 0.3) is 5.56 Å². The number of carbonyl (C=O) groups excluding carboxylic acids is 1. The number of hydrogen-bond acceptors (Lipinski definition) is 6. The number of rotatable bonds is 6. The van der Waals surface area contributed by atoms with E-state index in [-0.39, 0.29) is 29.3 Å². The lowest BCUT2D eigenvalue weighted by Gasteiger charge is -2.16. The number of anilines is 1. The van der Waals surface area contributed by atoms with Crippen molar-refractivity contribution >= 4 is 32.7 Å². The Morgan fingerprint density at radius 1 is 1.23 bits per heavy atom. The van der Waals surface area contributed by atoms with E-state index in [1.807, 2.05) is 0 Å². The number of amides is 1. The fourth-order valence-corrected chi connectivity index (χ4v) is 5.05. The van der Waals surface area contributed by atoms with Gasteiger partial charge >= 0.3 is 0 Å². The molecular weight excluding hydrogens is 408 g/mol. The second kappa shape index (κ2) is 8.00. The lowest BCUT2D eigenvalue weighted by atomic mass is 10.3. The second-order valence-electron chi connectivity index (χ2n) is 7.19. The molecule has 1 saturated heterocycles. The fraction of sp³-hybridized carbons (Fsp3) is 0.368. The second-order valence-corrected chi connectivity index (χ2v) is 9.12. The van der Waals surface area contributed by atoms with Gasteiger partial charge in [0.1, 0.15) is 5.39 Å². The normalized spacial score (nSPS) is 15.0. The van der Waals surface area contributed by atoms with E-state index in [4.69, 9.17) is 0 Å². The first-order chi connectivity index (χ1) is 14.4. The molecule has 1 fully saturated rings. The van der Waals surface area contributed by atoms with Crippen LogP contribution in [0.2, 0.25) is 0 Å². The molecule has 1 N–H and O–H groups in total. The smallest absolute Gasteiger partial charge is 0.264 e. The molecule has 158 valence electrons. The molecule has 0 saturated carbocycles. The molecule has 0 spiro atoms. The van der Waals surface area contributed by atoms with Crippen LogP contribution in [0.5, 0.6) is 0 Å². The van der Waals surface area contributed by atoms with Crippen molar-refractivity contribution in [1.29, 1.82) is 0 Å². The van der Waals surface area contributed by atoms with E-state index < -0.39 is 10.0 Å². The van der Waals surface area contributed by atoms with Crippen molar-refractivity contribution in [3.05, 3.63) is 47.1 Å². The molecule has 1 amide bonds. The summed E-state index contributed by atoms with van der Waals surface area (Å²) in [7, 11) is -1.86. The van der Waals surface area contributed by atoms with Gasteiger partial charge in [-0.2, -0.15) is 9.40 Å². The van der Waals surface area contributed by atoms with Crippen molar-refractivity contribution in [2.24, 2.45) is 7.05 Å². The highest BCUT2D eigenvalue weighted by molar-refractivity contribution is 7.89. The summed E-state index contributed by atoms with van der Waals surface area (Å²) in [5, 5.41) is 7.11. The van der Waals surface area contributed by atoms with E-state index in [2.05, 4.69) is 15.4 Å². The van der Waals surface area contributed by atoms with E-state index in [0.717, 1.165) is 12.8 Å². The van der Waals surface area contributed by atoms with E-state index in [1.165, 1.54) is 38.2 Å². The molecule has 2 aromatic heterocycles. The molecule has 1 aliphatic rings.